The Hall–Kier alpha value is -3.03. The molecule has 0 unspecified atom stereocenters. The number of hydrogen-bond acceptors (Lipinski definition) is 6. The van der Waals surface area contributed by atoms with Crippen LogP contribution in [0.5, 0.6) is 0 Å². The van der Waals surface area contributed by atoms with Gasteiger partial charge in [-0.2, -0.15) is 0 Å². The first kappa shape index (κ1) is 18.0. The van der Waals surface area contributed by atoms with Crippen LogP contribution in [-0.4, -0.2) is 59.1 Å². The van der Waals surface area contributed by atoms with Crippen molar-refractivity contribution in [1.29, 1.82) is 0 Å². The van der Waals surface area contributed by atoms with Crippen LogP contribution in [0.3, 0.4) is 0 Å². The Balaban J connectivity index is 1.42. The number of amides is 1. The van der Waals surface area contributed by atoms with Crippen molar-refractivity contribution in [2.45, 2.75) is 0 Å². The Morgan fingerprint density at radius 3 is 2.62 bits per heavy atom. The summed E-state index contributed by atoms with van der Waals surface area (Å²) in [6.45, 7) is 3.29. The van der Waals surface area contributed by atoms with Gasteiger partial charge in [-0.1, -0.05) is 41.6 Å². The number of fused-ring (bicyclic) bond motifs is 1. The highest BCUT2D eigenvalue weighted by atomic mass is 32.1. The van der Waals surface area contributed by atoms with Gasteiger partial charge in [0.1, 0.15) is 15.6 Å². The summed E-state index contributed by atoms with van der Waals surface area (Å²) < 4.78 is 5.58. The van der Waals surface area contributed by atoms with E-state index in [0.717, 1.165) is 42.7 Å². The largest absolute Gasteiger partial charge is 0.356 e. The van der Waals surface area contributed by atoms with E-state index in [2.05, 4.69) is 40.3 Å². The van der Waals surface area contributed by atoms with Gasteiger partial charge in [0.15, 0.2) is 5.58 Å². The average Bonchev–Trinajstić information content (AvgIpc) is 3.41. The van der Waals surface area contributed by atoms with Gasteiger partial charge in [-0.15, -0.1) is 11.3 Å². The van der Waals surface area contributed by atoms with Gasteiger partial charge in [0.05, 0.1) is 11.6 Å². The fourth-order valence-electron chi connectivity index (χ4n) is 3.55. The van der Waals surface area contributed by atoms with Gasteiger partial charge in [0.2, 0.25) is 0 Å². The van der Waals surface area contributed by atoms with E-state index in [-0.39, 0.29) is 5.91 Å². The van der Waals surface area contributed by atoms with Crippen LogP contribution in [-0.2, 0) is 0 Å². The molecule has 6 nitrogen and oxygen atoms in total. The van der Waals surface area contributed by atoms with Crippen molar-refractivity contribution in [1.82, 2.24) is 19.9 Å². The summed E-state index contributed by atoms with van der Waals surface area (Å²) in [5.41, 5.74) is 3.60. The van der Waals surface area contributed by atoms with E-state index in [0.29, 0.717) is 21.2 Å². The topological polar surface area (TPSA) is 62.5 Å². The number of benzene rings is 2. The zero-order chi connectivity index (χ0) is 19.8. The number of likely N-dealkylation sites (N-methyl/N-ethyl adjacent to an activating group) is 1. The molecule has 0 atom stereocenters. The fraction of sp³-hybridized carbons (Fsp3) is 0.227. The molecule has 0 aliphatic carbocycles. The Morgan fingerprint density at radius 2 is 1.83 bits per heavy atom. The highest BCUT2D eigenvalue weighted by Gasteiger charge is 2.23. The average molecular weight is 404 g/mol. The van der Waals surface area contributed by atoms with E-state index in [9.17, 15) is 4.79 Å². The van der Waals surface area contributed by atoms with Crippen LogP contribution in [0, 0.1) is 0 Å². The number of hydrogen-bond donors (Lipinski definition) is 0. The summed E-state index contributed by atoms with van der Waals surface area (Å²) in [5.74, 6) is 0.0426. The Labute approximate surface area is 172 Å². The normalized spacial score (nSPS) is 15.1. The summed E-state index contributed by atoms with van der Waals surface area (Å²) >= 11 is 1.37. The van der Waals surface area contributed by atoms with Gasteiger partial charge in [-0.25, -0.2) is 4.98 Å². The summed E-state index contributed by atoms with van der Waals surface area (Å²) in [7, 11) is 2.07. The molecule has 5 rings (SSSR count). The molecule has 2 aromatic carbocycles. The highest BCUT2D eigenvalue weighted by Crippen LogP contribution is 2.33. The van der Waals surface area contributed by atoms with Gasteiger partial charge >= 0.3 is 0 Å². The number of thiazole rings is 1. The minimum Gasteiger partial charge on any atom is -0.356 e. The Kier molecular flexibility index (Phi) is 4.61. The number of nitrogens with zero attached hydrogens (tertiary/aromatic N) is 4. The molecule has 1 amide bonds. The quantitative estimate of drug-likeness (QED) is 0.516. The van der Waals surface area contributed by atoms with Crippen LogP contribution in [0.4, 0.5) is 0 Å². The first-order chi connectivity index (χ1) is 14.2. The van der Waals surface area contributed by atoms with Crippen molar-refractivity contribution >= 4 is 28.2 Å². The van der Waals surface area contributed by atoms with E-state index >= 15 is 0 Å². The van der Waals surface area contributed by atoms with E-state index in [1.807, 2.05) is 35.2 Å². The van der Waals surface area contributed by atoms with E-state index in [4.69, 9.17) is 4.52 Å². The van der Waals surface area contributed by atoms with Gasteiger partial charge < -0.3 is 14.3 Å². The smallest absolute Gasteiger partial charge is 0.265 e. The van der Waals surface area contributed by atoms with Crippen molar-refractivity contribution < 1.29 is 9.32 Å². The maximum atomic E-state index is 12.8. The molecule has 0 radical (unpaired) electrons. The van der Waals surface area contributed by atoms with Crippen molar-refractivity contribution in [2.24, 2.45) is 0 Å². The molecular formula is C22H20N4O2S. The zero-order valence-corrected chi connectivity index (χ0v) is 16.9. The molecule has 0 saturated carbocycles. The molecule has 1 fully saturated rings. The van der Waals surface area contributed by atoms with Crippen molar-refractivity contribution in [2.75, 3.05) is 33.2 Å². The first-order valence-corrected chi connectivity index (χ1v) is 10.4. The van der Waals surface area contributed by atoms with Gasteiger partial charge in [0, 0.05) is 26.2 Å². The molecule has 1 saturated heterocycles. The van der Waals surface area contributed by atoms with Gasteiger partial charge in [-0.3, -0.25) is 4.79 Å². The summed E-state index contributed by atoms with van der Waals surface area (Å²) in [4.78, 5) is 22.0. The third-order valence-electron chi connectivity index (χ3n) is 5.29. The highest BCUT2D eigenvalue weighted by molar-refractivity contribution is 7.17. The van der Waals surface area contributed by atoms with Crippen LogP contribution in [0.25, 0.3) is 32.8 Å². The van der Waals surface area contributed by atoms with Crippen molar-refractivity contribution in [3.8, 4) is 21.8 Å². The lowest BCUT2D eigenvalue weighted by Gasteiger charge is -2.31. The maximum absolute atomic E-state index is 12.8. The molecule has 7 heteroatoms. The van der Waals surface area contributed by atoms with Gasteiger partial charge in [-0.05, 0) is 30.3 Å². The van der Waals surface area contributed by atoms with E-state index < -0.39 is 0 Å². The van der Waals surface area contributed by atoms with Crippen LogP contribution >= 0.6 is 11.3 Å². The van der Waals surface area contributed by atoms with Crippen LogP contribution in [0.2, 0.25) is 0 Å². The molecular weight excluding hydrogens is 384 g/mol. The number of carbonyl (C=O) groups excluding carboxylic acids is 1. The second-order valence-electron chi connectivity index (χ2n) is 7.23. The van der Waals surface area contributed by atoms with Crippen LogP contribution < -0.4 is 0 Å². The molecule has 0 N–H and O–H groups in total. The predicted molar refractivity (Wildman–Crippen MR) is 114 cm³/mol. The second-order valence-corrected chi connectivity index (χ2v) is 8.26. The molecule has 1 aliphatic heterocycles. The number of piperazine rings is 1. The van der Waals surface area contributed by atoms with Crippen LogP contribution in [0.15, 0.2) is 59.3 Å². The van der Waals surface area contributed by atoms with Crippen molar-refractivity contribution in [3.63, 3.8) is 0 Å². The zero-order valence-electron chi connectivity index (χ0n) is 16.0. The predicted octanol–water partition coefficient (Wildman–Crippen LogP) is 4.01. The molecule has 0 bridgehead atoms. The first-order valence-electron chi connectivity index (χ1n) is 9.58. The minimum atomic E-state index is 0.0426. The van der Waals surface area contributed by atoms with Crippen molar-refractivity contribution in [3.05, 3.63) is 59.6 Å². The summed E-state index contributed by atoms with van der Waals surface area (Å²) in [6.07, 6.45) is 1.65. The minimum absolute atomic E-state index is 0.0426. The fourth-order valence-corrected chi connectivity index (χ4v) is 4.43. The monoisotopic (exact) mass is 404 g/mol. The third-order valence-corrected chi connectivity index (χ3v) is 6.28. The molecule has 1 aliphatic rings. The van der Waals surface area contributed by atoms with E-state index in [1.54, 1.807) is 6.20 Å². The third kappa shape index (κ3) is 3.43. The van der Waals surface area contributed by atoms with Gasteiger partial charge in [0.25, 0.3) is 5.91 Å². The number of aromatic nitrogens is 2. The Morgan fingerprint density at radius 1 is 1.03 bits per heavy atom. The lowest BCUT2D eigenvalue weighted by Crippen LogP contribution is -2.46. The number of rotatable bonds is 3. The molecule has 2 aromatic heterocycles. The Bertz CT molecular complexity index is 1160. The lowest BCUT2D eigenvalue weighted by molar-refractivity contribution is 0.0668. The lowest BCUT2D eigenvalue weighted by atomic mass is 10.0. The number of carbonyl (C=O) groups is 1. The molecule has 0 spiro atoms. The second kappa shape index (κ2) is 7.42. The maximum Gasteiger partial charge on any atom is 0.265 e. The molecule has 29 heavy (non-hydrogen) atoms. The molecule has 3 heterocycles. The summed E-state index contributed by atoms with van der Waals surface area (Å²) in [6, 6.07) is 16.2. The summed E-state index contributed by atoms with van der Waals surface area (Å²) in [5, 5.41) is 5.84. The standard InChI is InChI=1S/C22H20N4O2S/c1-25-9-11-26(12-10-25)22(27)19-14-23-21(29-19)20-17-8-7-16(13-18(17)28-24-20)15-5-3-2-4-6-15/h2-8,13-14H,9-12H2,1H3. The SMILES string of the molecule is CN1CCN(C(=O)c2cnc(-c3noc4cc(-c5ccccc5)ccc34)s2)CC1. The molecule has 4 aromatic rings. The molecule has 146 valence electrons. The van der Waals surface area contributed by atoms with Crippen LogP contribution in [0.1, 0.15) is 9.67 Å². The van der Waals surface area contributed by atoms with E-state index in [1.165, 1.54) is 11.3 Å².